The normalized spacial score (nSPS) is 24.0. The second-order valence-corrected chi connectivity index (χ2v) is 10.5. The Bertz CT molecular complexity index is 1700. The largest absolute Gasteiger partial charge is 0.425 e. The van der Waals surface area contributed by atoms with E-state index in [0.29, 0.717) is 11.4 Å². The van der Waals surface area contributed by atoms with Crippen molar-refractivity contribution in [2.75, 3.05) is 4.90 Å². The lowest BCUT2D eigenvalue weighted by molar-refractivity contribution is -0.142. The molecule has 1 fully saturated rings. The van der Waals surface area contributed by atoms with Crippen LogP contribution in [0.25, 0.3) is 16.3 Å². The Kier molecular flexibility index (Phi) is 4.92. The molecule has 0 aromatic heterocycles. The van der Waals surface area contributed by atoms with Crippen LogP contribution in [-0.4, -0.2) is 17.8 Å². The highest BCUT2D eigenvalue weighted by Crippen LogP contribution is 2.55. The number of nitrogens with zero attached hydrogens (tertiary/aromatic N) is 1. The maximum Gasteiger partial charge on any atom is 0.319 e. The number of allylic oxidation sites excluding steroid dienone is 1. The van der Waals surface area contributed by atoms with E-state index in [1.165, 1.54) is 4.90 Å². The molecule has 0 spiro atoms. The van der Waals surface area contributed by atoms with Crippen molar-refractivity contribution in [3.8, 4) is 5.75 Å². The van der Waals surface area contributed by atoms with Crippen LogP contribution in [0.4, 0.5) is 5.69 Å². The molecule has 0 saturated carbocycles. The van der Waals surface area contributed by atoms with Gasteiger partial charge >= 0.3 is 5.97 Å². The summed E-state index contributed by atoms with van der Waals surface area (Å²) in [6.07, 6.45) is 2.05. The zero-order valence-electron chi connectivity index (χ0n) is 21.0. The van der Waals surface area contributed by atoms with Crippen LogP contribution >= 0.6 is 0 Å². The topological polar surface area (TPSA) is 63.7 Å². The van der Waals surface area contributed by atoms with Crippen molar-refractivity contribution < 1.29 is 19.1 Å². The minimum Gasteiger partial charge on any atom is -0.425 e. The fourth-order valence-corrected chi connectivity index (χ4v) is 6.63. The van der Waals surface area contributed by atoms with Gasteiger partial charge in [-0.3, -0.25) is 14.4 Å². The first kappa shape index (κ1) is 22.7. The molecule has 0 N–H and O–H groups in total. The standard InChI is InChI=1S/C33H25NO4/c1-18-12-14-25(19(2)16-18)34-31(35)28-23(20-8-4-3-5-9-20)17-24-27-22-11-7-6-10-21(22)13-15-26(27)38-33(37)29(24)30(28)32(34)36/h3-17,23,28-30H,1-2H3/t23-,28+,29+,30-/m0/s1. The molecular weight excluding hydrogens is 474 g/mol. The Morgan fingerprint density at radius 2 is 1.50 bits per heavy atom. The second-order valence-electron chi connectivity index (χ2n) is 10.5. The van der Waals surface area contributed by atoms with Crippen molar-refractivity contribution in [3.63, 3.8) is 0 Å². The average Bonchev–Trinajstić information content (AvgIpc) is 3.18. The lowest BCUT2D eigenvalue weighted by Crippen LogP contribution is -2.42. The van der Waals surface area contributed by atoms with Gasteiger partial charge in [0.15, 0.2) is 0 Å². The van der Waals surface area contributed by atoms with Gasteiger partial charge in [0.25, 0.3) is 0 Å². The fraction of sp³-hybridized carbons (Fsp3) is 0.182. The summed E-state index contributed by atoms with van der Waals surface area (Å²) < 4.78 is 5.86. The van der Waals surface area contributed by atoms with Crippen LogP contribution in [-0.2, 0) is 14.4 Å². The molecule has 38 heavy (non-hydrogen) atoms. The monoisotopic (exact) mass is 499 g/mol. The molecule has 5 nitrogen and oxygen atoms in total. The van der Waals surface area contributed by atoms with Crippen LogP contribution in [0.1, 0.15) is 28.2 Å². The summed E-state index contributed by atoms with van der Waals surface area (Å²) in [4.78, 5) is 43.2. The molecule has 7 rings (SSSR count). The third-order valence-electron chi connectivity index (χ3n) is 8.26. The van der Waals surface area contributed by atoms with Crippen molar-refractivity contribution in [3.05, 3.63) is 113 Å². The van der Waals surface area contributed by atoms with E-state index in [4.69, 9.17) is 4.74 Å². The maximum atomic E-state index is 14.2. The van der Waals surface area contributed by atoms with Gasteiger partial charge in [-0.1, -0.05) is 84.4 Å². The quantitative estimate of drug-likeness (QED) is 0.193. The predicted molar refractivity (Wildman–Crippen MR) is 146 cm³/mol. The Balaban J connectivity index is 1.47. The third kappa shape index (κ3) is 3.14. The summed E-state index contributed by atoms with van der Waals surface area (Å²) in [5.74, 6) is -3.38. The molecule has 0 unspecified atom stereocenters. The third-order valence-corrected chi connectivity index (χ3v) is 8.26. The summed E-state index contributed by atoms with van der Waals surface area (Å²) in [5.41, 5.74) is 5.01. The molecule has 0 radical (unpaired) electrons. The van der Waals surface area contributed by atoms with Crippen LogP contribution < -0.4 is 9.64 Å². The number of carbonyl (C=O) groups is 3. The van der Waals surface area contributed by atoms with E-state index in [-0.39, 0.29) is 17.7 Å². The molecule has 1 aliphatic carbocycles. The first-order valence-corrected chi connectivity index (χ1v) is 12.9. The van der Waals surface area contributed by atoms with Gasteiger partial charge in [0.1, 0.15) is 5.75 Å². The number of benzene rings is 4. The summed E-state index contributed by atoms with van der Waals surface area (Å²) in [6, 6.07) is 27.2. The van der Waals surface area contributed by atoms with Gasteiger partial charge in [-0.25, -0.2) is 4.90 Å². The minimum absolute atomic E-state index is 0.271. The van der Waals surface area contributed by atoms with E-state index in [0.717, 1.165) is 38.6 Å². The van der Waals surface area contributed by atoms with Crippen molar-refractivity contribution >= 4 is 39.8 Å². The maximum absolute atomic E-state index is 14.2. The Labute approximate surface area is 220 Å². The minimum atomic E-state index is -0.856. The van der Waals surface area contributed by atoms with E-state index >= 15 is 0 Å². The van der Waals surface area contributed by atoms with E-state index < -0.39 is 23.7 Å². The first-order chi connectivity index (χ1) is 18.4. The number of rotatable bonds is 2. The molecule has 1 saturated heterocycles. The molecule has 186 valence electrons. The molecule has 4 aromatic rings. The number of hydrogen-bond donors (Lipinski definition) is 0. The number of imide groups is 1. The zero-order chi connectivity index (χ0) is 26.1. The summed E-state index contributed by atoms with van der Waals surface area (Å²) >= 11 is 0. The molecule has 3 aliphatic rings. The van der Waals surface area contributed by atoms with E-state index in [1.54, 1.807) is 0 Å². The molecule has 2 heterocycles. The molecule has 4 aromatic carbocycles. The molecule has 4 atom stereocenters. The molecule has 2 aliphatic heterocycles. The predicted octanol–water partition coefficient (Wildman–Crippen LogP) is 5.98. The van der Waals surface area contributed by atoms with Gasteiger partial charge in [-0.15, -0.1) is 0 Å². The Morgan fingerprint density at radius 1 is 0.763 bits per heavy atom. The number of fused-ring (bicyclic) bond motifs is 7. The highest BCUT2D eigenvalue weighted by molar-refractivity contribution is 6.25. The Hall–Kier alpha value is -4.51. The summed E-state index contributed by atoms with van der Waals surface area (Å²) in [7, 11) is 0. The number of anilines is 1. The lowest BCUT2D eigenvalue weighted by Gasteiger charge is -2.38. The molecule has 0 bridgehead atoms. The van der Waals surface area contributed by atoms with Gasteiger partial charge in [0.2, 0.25) is 11.8 Å². The summed E-state index contributed by atoms with van der Waals surface area (Å²) in [6.45, 7) is 3.88. The van der Waals surface area contributed by atoms with Crippen LogP contribution in [0.15, 0.2) is 91.0 Å². The van der Waals surface area contributed by atoms with Crippen molar-refractivity contribution in [2.45, 2.75) is 19.8 Å². The molecule has 2 amide bonds. The number of aryl methyl sites for hydroxylation is 2. The number of carbonyl (C=O) groups excluding carboxylic acids is 3. The molecule has 5 heteroatoms. The molecular formula is C33H25NO4. The van der Waals surface area contributed by atoms with Gasteiger partial charge in [0.05, 0.1) is 23.4 Å². The first-order valence-electron chi connectivity index (χ1n) is 12.9. The van der Waals surface area contributed by atoms with Crippen LogP contribution in [0, 0.1) is 31.6 Å². The zero-order valence-corrected chi connectivity index (χ0v) is 21.0. The van der Waals surface area contributed by atoms with E-state index in [2.05, 4.69) is 0 Å². The van der Waals surface area contributed by atoms with E-state index in [1.807, 2.05) is 105 Å². The van der Waals surface area contributed by atoms with Crippen LogP contribution in [0.3, 0.4) is 0 Å². The SMILES string of the molecule is Cc1ccc(N2C(=O)[C@@H]3[C@@H]4C(=O)Oc5ccc6ccccc6c5C4=C[C@@H](c4ccccc4)[C@H]3C2=O)c(C)c1. The average molecular weight is 500 g/mol. The smallest absolute Gasteiger partial charge is 0.319 e. The summed E-state index contributed by atoms with van der Waals surface area (Å²) in [5, 5.41) is 1.98. The second kappa shape index (κ2) is 8.25. The number of ether oxygens (including phenoxy) is 1. The van der Waals surface area contributed by atoms with Crippen LogP contribution in [0.2, 0.25) is 0 Å². The van der Waals surface area contributed by atoms with Crippen molar-refractivity contribution in [1.29, 1.82) is 0 Å². The van der Waals surface area contributed by atoms with Gasteiger partial charge < -0.3 is 4.74 Å². The van der Waals surface area contributed by atoms with Crippen molar-refractivity contribution in [1.82, 2.24) is 0 Å². The van der Waals surface area contributed by atoms with Crippen molar-refractivity contribution in [2.24, 2.45) is 17.8 Å². The van der Waals surface area contributed by atoms with Crippen LogP contribution in [0.5, 0.6) is 5.75 Å². The van der Waals surface area contributed by atoms with Gasteiger partial charge in [0, 0.05) is 11.5 Å². The highest BCUT2D eigenvalue weighted by Gasteiger charge is 2.60. The Morgan fingerprint density at radius 3 is 2.29 bits per heavy atom. The number of hydrogen-bond acceptors (Lipinski definition) is 4. The van der Waals surface area contributed by atoms with Gasteiger partial charge in [-0.2, -0.15) is 0 Å². The number of amides is 2. The number of esters is 1. The van der Waals surface area contributed by atoms with E-state index in [9.17, 15) is 14.4 Å². The lowest BCUT2D eigenvalue weighted by atomic mass is 9.64. The highest BCUT2D eigenvalue weighted by atomic mass is 16.5. The van der Waals surface area contributed by atoms with Gasteiger partial charge in [-0.05, 0) is 53.5 Å². The fourth-order valence-electron chi connectivity index (χ4n) is 6.63.